The SMILES string of the molecule is COc1cccc(C(=O)O)c1Oc1nccc2occc12. The van der Waals surface area contributed by atoms with Crippen LogP contribution in [0.1, 0.15) is 10.4 Å². The van der Waals surface area contributed by atoms with Gasteiger partial charge in [0, 0.05) is 6.20 Å². The average Bonchev–Trinajstić information content (AvgIpc) is 2.96. The van der Waals surface area contributed by atoms with Gasteiger partial charge in [-0.3, -0.25) is 0 Å². The topological polar surface area (TPSA) is 81.8 Å². The molecule has 0 aliphatic rings. The van der Waals surface area contributed by atoms with Crippen LogP contribution in [0.4, 0.5) is 0 Å². The van der Waals surface area contributed by atoms with E-state index in [1.807, 2.05) is 0 Å². The molecular weight excluding hydrogens is 274 g/mol. The van der Waals surface area contributed by atoms with Crippen LogP contribution in [0.15, 0.2) is 47.2 Å². The maximum atomic E-state index is 11.3. The van der Waals surface area contributed by atoms with Crippen LogP contribution in [0, 0.1) is 0 Å². The lowest BCUT2D eigenvalue weighted by atomic mass is 10.2. The Morgan fingerprint density at radius 2 is 2.14 bits per heavy atom. The van der Waals surface area contributed by atoms with Gasteiger partial charge in [-0.2, -0.15) is 0 Å². The molecule has 0 bridgehead atoms. The third-order valence-corrected chi connectivity index (χ3v) is 2.97. The van der Waals surface area contributed by atoms with Crippen LogP contribution in [-0.4, -0.2) is 23.2 Å². The highest BCUT2D eigenvalue weighted by molar-refractivity contribution is 5.92. The zero-order valence-electron chi connectivity index (χ0n) is 11.1. The van der Waals surface area contributed by atoms with Gasteiger partial charge >= 0.3 is 5.97 Å². The van der Waals surface area contributed by atoms with E-state index in [4.69, 9.17) is 13.9 Å². The number of nitrogens with zero attached hydrogens (tertiary/aromatic N) is 1. The van der Waals surface area contributed by atoms with Crippen LogP contribution in [0.3, 0.4) is 0 Å². The van der Waals surface area contributed by atoms with Gasteiger partial charge < -0.3 is 19.0 Å². The van der Waals surface area contributed by atoms with E-state index >= 15 is 0 Å². The van der Waals surface area contributed by atoms with Gasteiger partial charge in [0.2, 0.25) is 5.88 Å². The summed E-state index contributed by atoms with van der Waals surface area (Å²) in [7, 11) is 1.44. The molecule has 106 valence electrons. The zero-order chi connectivity index (χ0) is 14.8. The molecule has 0 aliphatic heterocycles. The smallest absolute Gasteiger partial charge is 0.339 e. The first-order valence-electron chi connectivity index (χ1n) is 6.11. The van der Waals surface area contributed by atoms with Crippen LogP contribution in [0.2, 0.25) is 0 Å². The number of aromatic carboxylic acids is 1. The van der Waals surface area contributed by atoms with E-state index in [1.165, 1.54) is 25.6 Å². The van der Waals surface area contributed by atoms with E-state index in [2.05, 4.69) is 4.98 Å². The van der Waals surface area contributed by atoms with Gasteiger partial charge in [-0.05, 0) is 24.3 Å². The second kappa shape index (κ2) is 5.16. The van der Waals surface area contributed by atoms with Crippen molar-refractivity contribution in [1.82, 2.24) is 4.98 Å². The predicted molar refractivity (Wildman–Crippen MR) is 74.0 cm³/mol. The summed E-state index contributed by atoms with van der Waals surface area (Å²) in [5.41, 5.74) is 0.600. The van der Waals surface area contributed by atoms with Gasteiger partial charge in [0.15, 0.2) is 11.5 Å². The Balaban J connectivity index is 2.13. The number of carbonyl (C=O) groups is 1. The lowest BCUT2D eigenvalue weighted by Gasteiger charge is -2.12. The van der Waals surface area contributed by atoms with Crippen molar-refractivity contribution in [3.8, 4) is 17.4 Å². The van der Waals surface area contributed by atoms with Crippen molar-refractivity contribution in [1.29, 1.82) is 0 Å². The number of rotatable bonds is 4. The summed E-state index contributed by atoms with van der Waals surface area (Å²) in [5.74, 6) is -0.428. The van der Waals surface area contributed by atoms with Gasteiger partial charge in [0.05, 0.1) is 18.8 Å². The minimum absolute atomic E-state index is 0.00310. The molecular formula is C15H11NO5. The van der Waals surface area contributed by atoms with Gasteiger partial charge in [0.1, 0.15) is 11.1 Å². The van der Waals surface area contributed by atoms with E-state index in [0.29, 0.717) is 16.7 Å². The molecule has 3 aromatic rings. The third kappa shape index (κ3) is 2.27. The van der Waals surface area contributed by atoms with Gasteiger partial charge in [0.25, 0.3) is 0 Å². The Kier molecular flexibility index (Phi) is 3.19. The highest BCUT2D eigenvalue weighted by Gasteiger charge is 2.19. The Bertz CT molecular complexity index is 809. The second-order valence-corrected chi connectivity index (χ2v) is 4.19. The van der Waals surface area contributed by atoms with Crippen LogP contribution in [0.5, 0.6) is 17.4 Å². The molecule has 0 saturated heterocycles. The number of methoxy groups -OCH3 is 1. The number of benzene rings is 1. The van der Waals surface area contributed by atoms with Gasteiger partial charge in [-0.1, -0.05) is 6.07 Å². The first kappa shape index (κ1) is 13.0. The zero-order valence-corrected chi connectivity index (χ0v) is 11.1. The molecule has 0 spiro atoms. The largest absolute Gasteiger partial charge is 0.493 e. The minimum atomic E-state index is -1.11. The van der Waals surface area contributed by atoms with Crippen molar-refractivity contribution < 1.29 is 23.8 Å². The normalized spacial score (nSPS) is 10.5. The molecule has 3 rings (SSSR count). The molecule has 2 heterocycles. The quantitative estimate of drug-likeness (QED) is 0.791. The monoisotopic (exact) mass is 285 g/mol. The minimum Gasteiger partial charge on any atom is -0.493 e. The van der Waals surface area contributed by atoms with Gasteiger partial charge in [-0.15, -0.1) is 0 Å². The molecule has 0 saturated carbocycles. The first-order chi connectivity index (χ1) is 10.2. The number of ether oxygens (including phenoxy) is 2. The number of pyridine rings is 1. The molecule has 0 aliphatic carbocycles. The highest BCUT2D eigenvalue weighted by Crippen LogP contribution is 2.36. The molecule has 0 amide bonds. The number of carboxylic acid groups (broad SMARTS) is 1. The summed E-state index contributed by atoms with van der Waals surface area (Å²) in [6, 6.07) is 8.05. The maximum absolute atomic E-state index is 11.3. The molecule has 2 aromatic heterocycles. The maximum Gasteiger partial charge on any atom is 0.339 e. The molecule has 6 heteroatoms. The summed E-state index contributed by atoms with van der Waals surface area (Å²) >= 11 is 0. The summed E-state index contributed by atoms with van der Waals surface area (Å²) in [5, 5.41) is 9.91. The average molecular weight is 285 g/mol. The summed E-state index contributed by atoms with van der Waals surface area (Å²) in [4.78, 5) is 15.4. The Labute approximate surface area is 119 Å². The van der Waals surface area contributed by atoms with Crippen molar-refractivity contribution in [2.45, 2.75) is 0 Å². The van der Waals surface area contributed by atoms with Crippen molar-refractivity contribution >= 4 is 16.9 Å². The molecule has 0 atom stereocenters. The summed E-state index contributed by atoms with van der Waals surface area (Å²) < 4.78 is 16.1. The van der Waals surface area contributed by atoms with Crippen LogP contribution >= 0.6 is 0 Å². The number of para-hydroxylation sites is 1. The van der Waals surface area contributed by atoms with E-state index in [-0.39, 0.29) is 17.2 Å². The van der Waals surface area contributed by atoms with Crippen LogP contribution in [0.25, 0.3) is 11.0 Å². The molecule has 0 fully saturated rings. The lowest BCUT2D eigenvalue weighted by molar-refractivity contribution is 0.0693. The molecule has 1 N–H and O–H groups in total. The molecule has 21 heavy (non-hydrogen) atoms. The number of carboxylic acids is 1. The Morgan fingerprint density at radius 3 is 2.90 bits per heavy atom. The van der Waals surface area contributed by atoms with E-state index in [9.17, 15) is 9.90 Å². The molecule has 0 unspecified atom stereocenters. The summed E-state index contributed by atoms with van der Waals surface area (Å²) in [6.45, 7) is 0. The van der Waals surface area contributed by atoms with Crippen molar-refractivity contribution in [3.05, 3.63) is 48.4 Å². The number of hydrogen-bond donors (Lipinski definition) is 1. The lowest BCUT2D eigenvalue weighted by Crippen LogP contribution is -2.02. The van der Waals surface area contributed by atoms with E-state index < -0.39 is 5.97 Å². The fourth-order valence-corrected chi connectivity index (χ4v) is 2.00. The molecule has 0 radical (unpaired) electrons. The highest BCUT2D eigenvalue weighted by atomic mass is 16.5. The fraction of sp³-hybridized carbons (Fsp3) is 0.0667. The molecule has 1 aromatic carbocycles. The van der Waals surface area contributed by atoms with Crippen molar-refractivity contribution in [2.24, 2.45) is 0 Å². The Hall–Kier alpha value is -3.02. The second-order valence-electron chi connectivity index (χ2n) is 4.19. The van der Waals surface area contributed by atoms with Crippen LogP contribution in [-0.2, 0) is 0 Å². The number of hydrogen-bond acceptors (Lipinski definition) is 5. The first-order valence-corrected chi connectivity index (χ1v) is 6.11. The van der Waals surface area contributed by atoms with Crippen molar-refractivity contribution in [3.63, 3.8) is 0 Å². The molecule has 6 nitrogen and oxygen atoms in total. The fourth-order valence-electron chi connectivity index (χ4n) is 2.00. The van der Waals surface area contributed by atoms with Crippen LogP contribution < -0.4 is 9.47 Å². The van der Waals surface area contributed by atoms with Crippen molar-refractivity contribution in [2.75, 3.05) is 7.11 Å². The number of furan rings is 1. The predicted octanol–water partition coefficient (Wildman–Crippen LogP) is 3.33. The number of aromatic nitrogens is 1. The third-order valence-electron chi connectivity index (χ3n) is 2.97. The van der Waals surface area contributed by atoms with Gasteiger partial charge in [-0.25, -0.2) is 9.78 Å². The number of fused-ring (bicyclic) bond motifs is 1. The standard InChI is InChI=1S/C15H11NO5/c1-19-12-4-2-3-10(15(17)18)13(12)21-14-9-6-8-20-11(9)5-7-16-14/h2-8H,1H3,(H,17,18). The Morgan fingerprint density at radius 1 is 1.29 bits per heavy atom. The van der Waals surface area contributed by atoms with E-state index in [1.54, 1.807) is 24.3 Å². The van der Waals surface area contributed by atoms with E-state index in [0.717, 1.165) is 0 Å². The summed E-state index contributed by atoms with van der Waals surface area (Å²) in [6.07, 6.45) is 3.04.